The van der Waals surface area contributed by atoms with Gasteiger partial charge in [-0.1, -0.05) is 12.8 Å². The number of amides is 2. The van der Waals surface area contributed by atoms with Gasteiger partial charge in [-0.15, -0.1) is 0 Å². The van der Waals surface area contributed by atoms with E-state index in [1.54, 1.807) is 0 Å². The maximum absolute atomic E-state index is 11.4. The fraction of sp³-hybridized carbons (Fsp3) is 0.800. The van der Waals surface area contributed by atoms with E-state index in [0.717, 1.165) is 25.7 Å². The number of nitrogens with two attached hydrogens (primary N) is 1. The number of hydrogen-bond acceptors (Lipinski definition) is 4. The number of rotatable bonds is 4. The third-order valence-corrected chi connectivity index (χ3v) is 2.71. The topological polar surface area (TPSA) is 104 Å². The molecule has 6 heteroatoms. The number of carbonyl (C=O) groups excluding carboxylic acids is 2. The van der Waals surface area contributed by atoms with E-state index in [2.05, 4.69) is 10.6 Å². The van der Waals surface area contributed by atoms with Gasteiger partial charge in [0.25, 0.3) is 0 Å². The maximum Gasteiger partial charge on any atom is 0.239 e. The zero-order valence-corrected chi connectivity index (χ0v) is 9.24. The minimum Gasteiger partial charge on any atom is -0.391 e. The van der Waals surface area contributed by atoms with Crippen molar-refractivity contribution in [3.05, 3.63) is 0 Å². The van der Waals surface area contributed by atoms with Gasteiger partial charge >= 0.3 is 0 Å². The molecule has 0 unspecified atom stereocenters. The van der Waals surface area contributed by atoms with E-state index in [4.69, 9.17) is 5.73 Å². The molecule has 0 aromatic heterocycles. The molecule has 1 rings (SSSR count). The number of aliphatic hydroxyl groups excluding tert-OH is 1. The Morgan fingerprint density at radius 2 is 1.94 bits per heavy atom. The Kier molecular flexibility index (Phi) is 5.21. The first-order valence-electron chi connectivity index (χ1n) is 5.57. The van der Waals surface area contributed by atoms with Crippen molar-refractivity contribution in [2.75, 3.05) is 13.1 Å². The quantitative estimate of drug-likeness (QED) is 0.470. The zero-order chi connectivity index (χ0) is 12.0. The van der Waals surface area contributed by atoms with E-state index in [0.29, 0.717) is 0 Å². The van der Waals surface area contributed by atoms with Crippen LogP contribution in [0, 0.1) is 0 Å². The number of hydrogen-bond donors (Lipinski definition) is 4. The van der Waals surface area contributed by atoms with Crippen LogP contribution in [0.15, 0.2) is 0 Å². The molecule has 0 heterocycles. The summed E-state index contributed by atoms with van der Waals surface area (Å²) in [5, 5.41) is 14.7. The fourth-order valence-electron chi connectivity index (χ4n) is 1.79. The lowest BCUT2D eigenvalue weighted by Gasteiger charge is -2.28. The average Bonchev–Trinajstić information content (AvgIpc) is 2.29. The monoisotopic (exact) mass is 229 g/mol. The molecule has 0 bridgehead atoms. The van der Waals surface area contributed by atoms with E-state index in [-0.39, 0.29) is 30.9 Å². The largest absolute Gasteiger partial charge is 0.391 e. The lowest BCUT2D eigenvalue weighted by Crippen LogP contribution is -2.48. The van der Waals surface area contributed by atoms with Crippen LogP contribution in [0.5, 0.6) is 0 Å². The summed E-state index contributed by atoms with van der Waals surface area (Å²) < 4.78 is 0. The average molecular weight is 229 g/mol. The normalized spacial score (nSPS) is 24.9. The number of aliphatic hydroxyl groups is 1. The van der Waals surface area contributed by atoms with Crippen molar-refractivity contribution in [1.82, 2.24) is 10.6 Å². The molecular formula is C10H19N3O3. The second kappa shape index (κ2) is 6.44. The van der Waals surface area contributed by atoms with Crippen molar-refractivity contribution >= 4 is 11.8 Å². The second-order valence-electron chi connectivity index (χ2n) is 4.01. The van der Waals surface area contributed by atoms with E-state index in [1.807, 2.05) is 0 Å². The summed E-state index contributed by atoms with van der Waals surface area (Å²) in [5.41, 5.74) is 5.08. The van der Waals surface area contributed by atoms with E-state index in [9.17, 15) is 14.7 Å². The molecule has 0 saturated heterocycles. The molecular weight excluding hydrogens is 210 g/mol. The number of carbonyl (C=O) groups is 2. The molecule has 0 aliphatic heterocycles. The van der Waals surface area contributed by atoms with Gasteiger partial charge in [-0.25, -0.2) is 0 Å². The first-order valence-corrected chi connectivity index (χ1v) is 5.57. The third-order valence-electron chi connectivity index (χ3n) is 2.71. The van der Waals surface area contributed by atoms with Crippen molar-refractivity contribution in [2.45, 2.75) is 37.8 Å². The van der Waals surface area contributed by atoms with Gasteiger partial charge in [-0.2, -0.15) is 0 Å². The highest BCUT2D eigenvalue weighted by Gasteiger charge is 2.24. The molecule has 0 radical (unpaired) electrons. The second-order valence-corrected chi connectivity index (χ2v) is 4.01. The van der Waals surface area contributed by atoms with Crippen LogP contribution >= 0.6 is 0 Å². The Morgan fingerprint density at radius 3 is 2.56 bits per heavy atom. The summed E-state index contributed by atoms with van der Waals surface area (Å²) in [4.78, 5) is 22.2. The molecule has 92 valence electrons. The summed E-state index contributed by atoms with van der Waals surface area (Å²) in [7, 11) is 0. The Hall–Kier alpha value is -1.14. The first kappa shape index (κ1) is 12.9. The van der Waals surface area contributed by atoms with Gasteiger partial charge in [0.1, 0.15) is 0 Å². The minimum absolute atomic E-state index is 0.0841. The van der Waals surface area contributed by atoms with Crippen LogP contribution in [-0.4, -0.2) is 42.2 Å². The molecule has 0 spiro atoms. The van der Waals surface area contributed by atoms with Crippen LogP contribution in [0.25, 0.3) is 0 Å². The van der Waals surface area contributed by atoms with Gasteiger partial charge in [-0.05, 0) is 12.8 Å². The smallest absolute Gasteiger partial charge is 0.239 e. The molecule has 5 N–H and O–H groups in total. The standard InChI is InChI=1S/C10H19N3O3/c11-5-9(15)12-6-10(16)13-7-3-1-2-4-8(7)14/h7-8,14H,1-6,11H2,(H,12,15)(H,13,16)/t7-,8-/m0/s1. The SMILES string of the molecule is NCC(=O)NCC(=O)N[C@H]1CCCC[C@@H]1O. The van der Waals surface area contributed by atoms with Crippen LogP contribution in [0.4, 0.5) is 0 Å². The van der Waals surface area contributed by atoms with Gasteiger partial charge in [-0.3, -0.25) is 9.59 Å². The molecule has 0 aromatic rings. The van der Waals surface area contributed by atoms with Crippen molar-refractivity contribution in [3.8, 4) is 0 Å². The molecule has 0 aromatic carbocycles. The summed E-state index contributed by atoms with van der Waals surface area (Å²) >= 11 is 0. The molecule has 2 amide bonds. The van der Waals surface area contributed by atoms with Crippen molar-refractivity contribution < 1.29 is 14.7 Å². The summed E-state index contributed by atoms with van der Waals surface area (Å²) in [6.07, 6.45) is 3.05. The fourth-order valence-corrected chi connectivity index (χ4v) is 1.79. The molecule has 16 heavy (non-hydrogen) atoms. The molecule has 1 fully saturated rings. The molecule has 1 saturated carbocycles. The van der Waals surface area contributed by atoms with Gasteiger partial charge in [0.05, 0.1) is 25.2 Å². The molecule has 1 aliphatic carbocycles. The summed E-state index contributed by atoms with van der Waals surface area (Å²) in [5.74, 6) is -0.646. The van der Waals surface area contributed by atoms with Crippen LogP contribution in [-0.2, 0) is 9.59 Å². The lowest BCUT2D eigenvalue weighted by molar-refractivity contribution is -0.126. The Labute approximate surface area is 94.6 Å². The van der Waals surface area contributed by atoms with Gasteiger partial charge in [0.15, 0.2) is 0 Å². The van der Waals surface area contributed by atoms with Gasteiger partial charge in [0, 0.05) is 0 Å². The van der Waals surface area contributed by atoms with Crippen LogP contribution in [0.3, 0.4) is 0 Å². The van der Waals surface area contributed by atoms with Crippen molar-refractivity contribution in [2.24, 2.45) is 5.73 Å². The highest BCUT2D eigenvalue weighted by Crippen LogP contribution is 2.17. The summed E-state index contributed by atoms with van der Waals surface area (Å²) in [6, 6.07) is -0.184. The van der Waals surface area contributed by atoms with Crippen molar-refractivity contribution in [3.63, 3.8) is 0 Å². The molecule has 2 atom stereocenters. The van der Waals surface area contributed by atoms with Crippen molar-refractivity contribution in [1.29, 1.82) is 0 Å². The molecule has 6 nitrogen and oxygen atoms in total. The lowest BCUT2D eigenvalue weighted by atomic mass is 9.92. The molecule has 1 aliphatic rings. The van der Waals surface area contributed by atoms with Gasteiger partial charge in [0.2, 0.25) is 11.8 Å². The van der Waals surface area contributed by atoms with E-state index < -0.39 is 6.10 Å². The maximum atomic E-state index is 11.4. The zero-order valence-electron chi connectivity index (χ0n) is 9.24. The Balaban J connectivity index is 2.24. The Morgan fingerprint density at radius 1 is 1.25 bits per heavy atom. The third kappa shape index (κ3) is 4.16. The predicted octanol–water partition coefficient (Wildman–Crippen LogP) is -1.52. The number of nitrogens with one attached hydrogen (secondary N) is 2. The minimum atomic E-state index is -0.470. The first-order chi connectivity index (χ1) is 7.63. The van der Waals surface area contributed by atoms with Gasteiger partial charge < -0.3 is 21.5 Å². The van der Waals surface area contributed by atoms with E-state index in [1.165, 1.54) is 0 Å². The van der Waals surface area contributed by atoms with Crippen LogP contribution in [0.2, 0.25) is 0 Å². The van der Waals surface area contributed by atoms with E-state index >= 15 is 0 Å². The predicted molar refractivity (Wildman–Crippen MR) is 58.5 cm³/mol. The van der Waals surface area contributed by atoms with Crippen LogP contribution in [0.1, 0.15) is 25.7 Å². The van der Waals surface area contributed by atoms with Crippen LogP contribution < -0.4 is 16.4 Å². The summed E-state index contributed by atoms with van der Waals surface area (Å²) in [6.45, 7) is -0.210. The Bertz CT molecular complexity index is 258. The highest BCUT2D eigenvalue weighted by molar-refractivity contribution is 5.85. The highest BCUT2D eigenvalue weighted by atomic mass is 16.3.